The predicted molar refractivity (Wildman–Crippen MR) is 153 cm³/mol. The number of fused-ring (bicyclic) bond motifs is 3. The van der Waals surface area contributed by atoms with Gasteiger partial charge < -0.3 is 19.1 Å². The lowest BCUT2D eigenvalue weighted by Crippen LogP contribution is -2.47. The summed E-state index contributed by atoms with van der Waals surface area (Å²) in [5, 5.41) is 0. The largest absolute Gasteiger partial charge is 0.469 e. The van der Waals surface area contributed by atoms with Crippen molar-refractivity contribution in [2.45, 2.75) is 129 Å². The maximum atomic E-state index is 14.2. The molecule has 0 aromatic heterocycles. The fourth-order valence-corrected chi connectivity index (χ4v) is 6.75. The Labute approximate surface area is 244 Å². The van der Waals surface area contributed by atoms with Crippen molar-refractivity contribution in [3.8, 4) is 0 Å². The van der Waals surface area contributed by atoms with E-state index >= 15 is 0 Å². The van der Waals surface area contributed by atoms with Crippen LogP contribution in [0.3, 0.4) is 0 Å². The highest BCUT2D eigenvalue weighted by atomic mass is 16.5. The van der Waals surface area contributed by atoms with Crippen LogP contribution in [0, 0.1) is 17.8 Å². The summed E-state index contributed by atoms with van der Waals surface area (Å²) in [5.74, 6) is -2.57. The molecule has 2 fully saturated rings. The third-order valence-corrected chi connectivity index (χ3v) is 8.75. The standard InChI is InChI=1S/C32H49NO8/c1-21-14-12-10-8-6-7-9-11-13-15-23(30(40-22(2)34)25(35)16-17-28(37)39-5)18-26(36)29-24-19-32(3,4)41-27(24)20-33(29)31(21)38/h6-7,21,23-24,27,29-30H,8-20H2,1-5H3/b7-6+/t21-,23+,24-,27?,29-,30?/m0/s1. The monoisotopic (exact) mass is 575 g/mol. The highest BCUT2D eigenvalue weighted by molar-refractivity contribution is 5.93. The fourth-order valence-electron chi connectivity index (χ4n) is 6.75. The molecule has 3 aliphatic rings. The van der Waals surface area contributed by atoms with E-state index in [0.29, 0.717) is 19.4 Å². The van der Waals surface area contributed by atoms with Gasteiger partial charge in [0, 0.05) is 44.1 Å². The van der Waals surface area contributed by atoms with Crippen LogP contribution in [-0.4, -0.2) is 71.8 Å². The molecule has 0 spiro atoms. The number of hydrogen-bond donors (Lipinski definition) is 0. The Hall–Kier alpha value is -2.55. The number of carbonyl (C=O) groups excluding carboxylic acids is 5. The number of allylic oxidation sites excluding steroid dienone is 2. The summed E-state index contributed by atoms with van der Waals surface area (Å²) >= 11 is 0. The molecule has 3 heterocycles. The van der Waals surface area contributed by atoms with Crippen LogP contribution in [-0.2, 0) is 38.2 Å². The molecule has 0 aromatic carbocycles. The van der Waals surface area contributed by atoms with E-state index in [0.717, 1.165) is 44.9 Å². The summed E-state index contributed by atoms with van der Waals surface area (Å²) < 4.78 is 16.5. The summed E-state index contributed by atoms with van der Waals surface area (Å²) in [7, 11) is 1.25. The molecule has 0 radical (unpaired) electrons. The van der Waals surface area contributed by atoms with Gasteiger partial charge in [-0.2, -0.15) is 0 Å². The van der Waals surface area contributed by atoms with Crippen LogP contribution in [0.25, 0.3) is 0 Å². The van der Waals surface area contributed by atoms with Gasteiger partial charge in [-0.25, -0.2) is 0 Å². The molecule has 0 aliphatic carbocycles. The minimum Gasteiger partial charge on any atom is -0.469 e. The van der Waals surface area contributed by atoms with Crippen molar-refractivity contribution in [1.29, 1.82) is 0 Å². The fraction of sp³-hybridized carbons (Fsp3) is 0.781. The van der Waals surface area contributed by atoms with Gasteiger partial charge in [-0.3, -0.25) is 24.0 Å². The zero-order valence-electron chi connectivity index (χ0n) is 25.5. The normalized spacial score (nSPS) is 31.0. The Bertz CT molecular complexity index is 988. The Morgan fingerprint density at radius 2 is 1.71 bits per heavy atom. The predicted octanol–water partition coefficient (Wildman–Crippen LogP) is 4.74. The molecule has 6 atom stereocenters. The number of esters is 2. The topological polar surface area (TPSA) is 116 Å². The van der Waals surface area contributed by atoms with Gasteiger partial charge in [-0.05, 0) is 58.8 Å². The minimum atomic E-state index is -1.14. The highest BCUT2D eigenvalue weighted by Crippen LogP contribution is 2.44. The zero-order chi connectivity index (χ0) is 30.2. The van der Waals surface area contributed by atoms with Crippen LogP contribution in [0.5, 0.6) is 0 Å². The molecular formula is C32H49NO8. The van der Waals surface area contributed by atoms with Gasteiger partial charge in [0.2, 0.25) is 5.91 Å². The lowest BCUT2D eigenvalue weighted by Gasteiger charge is -2.32. The molecule has 9 heteroatoms. The van der Waals surface area contributed by atoms with E-state index in [1.807, 2.05) is 20.8 Å². The molecule has 3 rings (SSSR count). The number of Topliss-reactive ketones (excluding diaryl/α,β-unsaturated/α-hetero) is 2. The third-order valence-electron chi connectivity index (χ3n) is 8.75. The molecule has 0 aromatic rings. The van der Waals surface area contributed by atoms with Gasteiger partial charge in [0.15, 0.2) is 17.7 Å². The van der Waals surface area contributed by atoms with E-state index in [-0.39, 0.29) is 54.5 Å². The summed E-state index contributed by atoms with van der Waals surface area (Å²) in [6.07, 6.45) is 10.1. The van der Waals surface area contributed by atoms with Crippen molar-refractivity contribution in [2.24, 2.45) is 17.8 Å². The van der Waals surface area contributed by atoms with Crippen molar-refractivity contribution in [3.63, 3.8) is 0 Å². The van der Waals surface area contributed by atoms with Gasteiger partial charge in [0.05, 0.1) is 31.3 Å². The number of carbonyl (C=O) groups is 5. The first-order valence-electron chi connectivity index (χ1n) is 15.4. The lowest BCUT2D eigenvalue weighted by molar-refractivity contribution is -0.158. The second kappa shape index (κ2) is 15.1. The Kier molecular flexibility index (Phi) is 12.1. The molecule has 9 nitrogen and oxygen atoms in total. The Balaban J connectivity index is 1.92. The first kappa shape index (κ1) is 33.0. The van der Waals surface area contributed by atoms with E-state index in [9.17, 15) is 24.0 Å². The first-order chi connectivity index (χ1) is 19.4. The second-order valence-corrected chi connectivity index (χ2v) is 12.7. The van der Waals surface area contributed by atoms with Crippen molar-refractivity contribution < 1.29 is 38.2 Å². The molecule has 2 unspecified atom stereocenters. The van der Waals surface area contributed by atoms with Crippen LogP contribution in [0.1, 0.15) is 105 Å². The summed E-state index contributed by atoms with van der Waals surface area (Å²) in [4.78, 5) is 66.7. The maximum absolute atomic E-state index is 14.2. The maximum Gasteiger partial charge on any atom is 0.305 e. The number of hydrogen-bond acceptors (Lipinski definition) is 8. The van der Waals surface area contributed by atoms with Crippen molar-refractivity contribution in [3.05, 3.63) is 12.2 Å². The van der Waals surface area contributed by atoms with E-state index in [2.05, 4.69) is 16.9 Å². The summed E-state index contributed by atoms with van der Waals surface area (Å²) in [5.41, 5.74) is -0.388. The average molecular weight is 576 g/mol. The van der Waals surface area contributed by atoms with Crippen LogP contribution in [0.4, 0.5) is 0 Å². The summed E-state index contributed by atoms with van der Waals surface area (Å²) in [6, 6.07) is -0.639. The van der Waals surface area contributed by atoms with Crippen LogP contribution >= 0.6 is 0 Å². The van der Waals surface area contributed by atoms with E-state index in [1.165, 1.54) is 14.0 Å². The number of amides is 1. The Morgan fingerprint density at radius 3 is 2.34 bits per heavy atom. The van der Waals surface area contributed by atoms with Gasteiger partial charge in [0.25, 0.3) is 0 Å². The molecule has 0 N–H and O–H groups in total. The van der Waals surface area contributed by atoms with Gasteiger partial charge >= 0.3 is 11.9 Å². The molecule has 3 aliphatic heterocycles. The van der Waals surface area contributed by atoms with E-state index in [1.54, 1.807) is 4.90 Å². The highest BCUT2D eigenvalue weighted by Gasteiger charge is 2.55. The smallest absolute Gasteiger partial charge is 0.305 e. The molecule has 41 heavy (non-hydrogen) atoms. The lowest BCUT2D eigenvalue weighted by atomic mass is 9.82. The van der Waals surface area contributed by atoms with Crippen LogP contribution in [0.15, 0.2) is 12.2 Å². The van der Waals surface area contributed by atoms with Crippen molar-refractivity contribution >= 4 is 29.4 Å². The minimum absolute atomic E-state index is 0.00419. The van der Waals surface area contributed by atoms with Crippen molar-refractivity contribution in [1.82, 2.24) is 4.90 Å². The SMILES string of the molecule is COC(=O)CCC(=O)C(OC(C)=O)[C@@H]1CCCC/C=C/CCCC[C@H](C)C(=O)N2CC3OC(C)(C)C[C@@H]3[C@H]2C(=O)C1. The number of ketones is 2. The van der Waals surface area contributed by atoms with Gasteiger partial charge in [-0.1, -0.05) is 31.9 Å². The van der Waals surface area contributed by atoms with E-state index < -0.39 is 35.8 Å². The zero-order valence-corrected chi connectivity index (χ0v) is 25.5. The molecule has 1 amide bonds. The molecule has 0 saturated carbocycles. The number of nitrogens with zero attached hydrogens (tertiary/aromatic N) is 1. The second-order valence-electron chi connectivity index (χ2n) is 12.7. The number of ether oxygens (including phenoxy) is 3. The number of methoxy groups -OCH3 is 1. The molecular weight excluding hydrogens is 526 g/mol. The van der Waals surface area contributed by atoms with Crippen molar-refractivity contribution in [2.75, 3.05) is 13.7 Å². The van der Waals surface area contributed by atoms with Gasteiger partial charge in [-0.15, -0.1) is 0 Å². The number of rotatable bonds is 6. The van der Waals surface area contributed by atoms with Gasteiger partial charge in [0.1, 0.15) is 0 Å². The average Bonchev–Trinajstić information content (AvgIpc) is 3.40. The summed E-state index contributed by atoms with van der Waals surface area (Å²) in [6.45, 7) is 7.58. The quantitative estimate of drug-likeness (QED) is 0.330. The van der Waals surface area contributed by atoms with Crippen LogP contribution in [0.2, 0.25) is 0 Å². The first-order valence-corrected chi connectivity index (χ1v) is 15.4. The third kappa shape index (κ3) is 9.22. The Morgan fingerprint density at radius 1 is 1.05 bits per heavy atom. The molecule has 2 saturated heterocycles. The molecule has 230 valence electrons. The molecule has 0 bridgehead atoms. The van der Waals surface area contributed by atoms with Crippen LogP contribution < -0.4 is 0 Å². The van der Waals surface area contributed by atoms with E-state index in [4.69, 9.17) is 9.47 Å².